The molecule has 3 aromatic rings. The molecule has 0 aliphatic rings. The maximum Gasteiger partial charge on any atom is 0.252 e. The molecule has 3 rings (SSSR count). The van der Waals surface area contributed by atoms with Crippen LogP contribution in [-0.4, -0.2) is 51.5 Å². The summed E-state index contributed by atoms with van der Waals surface area (Å²) >= 11 is 3.49. The van der Waals surface area contributed by atoms with Crippen LogP contribution < -0.4 is 5.32 Å². The maximum atomic E-state index is 12.9. The molecular formula is C20H24BrN5O. The van der Waals surface area contributed by atoms with Crippen LogP contribution in [0.2, 0.25) is 0 Å². The van der Waals surface area contributed by atoms with Crippen LogP contribution in [0, 0.1) is 0 Å². The Hall–Kier alpha value is -2.25. The van der Waals surface area contributed by atoms with Gasteiger partial charge in [-0.2, -0.15) is 0 Å². The predicted octanol–water partition coefficient (Wildman–Crippen LogP) is 3.47. The Bertz CT molecular complexity index is 949. The molecule has 0 unspecified atom stereocenters. The molecule has 1 aromatic carbocycles. The Morgan fingerprint density at radius 2 is 2.04 bits per heavy atom. The second-order valence-corrected chi connectivity index (χ2v) is 7.28. The lowest BCUT2D eigenvalue weighted by Crippen LogP contribution is -2.34. The first-order valence-electron chi connectivity index (χ1n) is 9.12. The molecule has 0 fully saturated rings. The van der Waals surface area contributed by atoms with E-state index in [1.54, 1.807) is 6.20 Å². The van der Waals surface area contributed by atoms with Gasteiger partial charge in [0.05, 0.1) is 11.1 Å². The zero-order valence-electron chi connectivity index (χ0n) is 15.9. The smallest absolute Gasteiger partial charge is 0.252 e. The largest absolute Gasteiger partial charge is 0.351 e. The first kappa shape index (κ1) is 19.5. The molecule has 0 aliphatic carbocycles. The Morgan fingerprint density at radius 1 is 1.26 bits per heavy atom. The quantitative estimate of drug-likeness (QED) is 0.624. The number of nitrogens with zero attached hydrogens (tertiary/aromatic N) is 4. The number of rotatable bonds is 7. The fourth-order valence-electron chi connectivity index (χ4n) is 3.08. The number of nitrogens with one attached hydrogen (secondary N) is 1. The summed E-state index contributed by atoms with van der Waals surface area (Å²) < 4.78 is 2.81. The molecule has 27 heavy (non-hydrogen) atoms. The van der Waals surface area contributed by atoms with Crippen molar-refractivity contribution in [3.63, 3.8) is 0 Å². The van der Waals surface area contributed by atoms with Crippen LogP contribution in [0.1, 0.15) is 24.2 Å². The van der Waals surface area contributed by atoms with Crippen LogP contribution in [0.4, 0.5) is 0 Å². The van der Waals surface area contributed by atoms with Crippen LogP contribution in [0.5, 0.6) is 0 Å². The molecule has 7 heteroatoms. The van der Waals surface area contributed by atoms with E-state index in [1.807, 2.05) is 42.1 Å². The molecule has 6 nitrogen and oxygen atoms in total. The van der Waals surface area contributed by atoms with Gasteiger partial charge < -0.3 is 14.8 Å². The number of carbonyl (C=O) groups excluding carboxylic acids is 1. The van der Waals surface area contributed by atoms with Gasteiger partial charge in [-0.25, -0.2) is 9.97 Å². The van der Waals surface area contributed by atoms with Crippen molar-refractivity contribution in [2.24, 2.45) is 7.05 Å². The van der Waals surface area contributed by atoms with E-state index in [1.165, 1.54) is 0 Å². The molecule has 0 saturated heterocycles. The van der Waals surface area contributed by atoms with E-state index >= 15 is 0 Å². The molecule has 0 saturated carbocycles. The van der Waals surface area contributed by atoms with E-state index in [0.717, 1.165) is 40.8 Å². The normalized spacial score (nSPS) is 11.3. The fourth-order valence-corrected chi connectivity index (χ4v) is 3.44. The van der Waals surface area contributed by atoms with E-state index in [2.05, 4.69) is 45.0 Å². The number of imidazole rings is 1. The van der Waals surface area contributed by atoms with Crippen LogP contribution in [0.3, 0.4) is 0 Å². The van der Waals surface area contributed by atoms with Gasteiger partial charge in [0.15, 0.2) is 5.82 Å². The van der Waals surface area contributed by atoms with Crippen LogP contribution in [0.25, 0.3) is 22.4 Å². The van der Waals surface area contributed by atoms with Gasteiger partial charge in [0, 0.05) is 42.4 Å². The third-order valence-corrected chi connectivity index (χ3v) is 5.17. The number of amides is 1. The molecule has 0 bridgehead atoms. The van der Waals surface area contributed by atoms with Gasteiger partial charge in [-0.15, -0.1) is 0 Å². The summed E-state index contributed by atoms with van der Waals surface area (Å²) in [6.07, 6.45) is 3.60. The van der Waals surface area contributed by atoms with Crippen molar-refractivity contribution < 1.29 is 4.79 Å². The van der Waals surface area contributed by atoms with Gasteiger partial charge in [0.2, 0.25) is 0 Å². The van der Waals surface area contributed by atoms with Crippen molar-refractivity contribution in [3.05, 3.63) is 46.7 Å². The molecule has 142 valence electrons. The summed E-state index contributed by atoms with van der Waals surface area (Å²) in [5, 5.41) is 3.87. The summed E-state index contributed by atoms with van der Waals surface area (Å²) in [5.74, 6) is 0.639. The number of hydrogen-bond acceptors (Lipinski definition) is 4. The summed E-state index contributed by atoms with van der Waals surface area (Å²) in [7, 11) is 1.92. The minimum atomic E-state index is -0.0943. The standard InChI is InChI=1S/C20H24BrN5O/c1-4-26(5-2)11-9-23-20(27)16-13-18(19-22-8-10-25(19)3)24-17-7-6-14(21)12-15(16)17/h6-8,10,12-13H,4-5,9,11H2,1-3H3,(H,23,27). The minimum Gasteiger partial charge on any atom is -0.351 e. The van der Waals surface area contributed by atoms with E-state index < -0.39 is 0 Å². The van der Waals surface area contributed by atoms with Gasteiger partial charge in [0.25, 0.3) is 5.91 Å². The lowest BCUT2D eigenvalue weighted by Gasteiger charge is -2.18. The molecule has 0 atom stereocenters. The van der Waals surface area contributed by atoms with E-state index in [9.17, 15) is 4.79 Å². The van der Waals surface area contributed by atoms with Crippen LogP contribution >= 0.6 is 15.9 Å². The number of hydrogen-bond donors (Lipinski definition) is 1. The van der Waals surface area contributed by atoms with Crippen LogP contribution in [-0.2, 0) is 7.05 Å². The second-order valence-electron chi connectivity index (χ2n) is 6.36. The zero-order chi connectivity index (χ0) is 19.4. The number of halogens is 1. The van der Waals surface area contributed by atoms with E-state index in [-0.39, 0.29) is 5.91 Å². The first-order chi connectivity index (χ1) is 13.0. The number of fused-ring (bicyclic) bond motifs is 1. The second kappa shape index (κ2) is 8.63. The summed E-state index contributed by atoms with van der Waals surface area (Å²) in [5.41, 5.74) is 2.07. The average Bonchev–Trinajstić information content (AvgIpc) is 3.10. The van der Waals surface area contributed by atoms with E-state index in [0.29, 0.717) is 17.8 Å². The first-order valence-corrected chi connectivity index (χ1v) is 9.91. The van der Waals surface area contributed by atoms with Gasteiger partial charge in [0.1, 0.15) is 5.69 Å². The highest BCUT2D eigenvalue weighted by Crippen LogP contribution is 2.26. The number of aromatic nitrogens is 3. The molecule has 2 aromatic heterocycles. The lowest BCUT2D eigenvalue weighted by atomic mass is 10.1. The highest BCUT2D eigenvalue weighted by atomic mass is 79.9. The molecule has 0 spiro atoms. The van der Waals surface area contributed by atoms with Crippen molar-refractivity contribution in [1.29, 1.82) is 0 Å². The Balaban J connectivity index is 1.95. The Morgan fingerprint density at radius 3 is 2.70 bits per heavy atom. The third kappa shape index (κ3) is 4.36. The third-order valence-electron chi connectivity index (χ3n) is 4.67. The van der Waals surface area contributed by atoms with Crippen molar-refractivity contribution in [2.75, 3.05) is 26.2 Å². The van der Waals surface area contributed by atoms with Gasteiger partial charge in [-0.05, 0) is 37.4 Å². The number of likely N-dealkylation sites (N-methyl/N-ethyl adjacent to an activating group) is 1. The number of benzene rings is 1. The van der Waals surface area contributed by atoms with Crippen molar-refractivity contribution >= 4 is 32.7 Å². The molecule has 2 heterocycles. The maximum absolute atomic E-state index is 12.9. The van der Waals surface area contributed by atoms with Crippen LogP contribution in [0.15, 0.2) is 41.1 Å². The Kier molecular flexibility index (Phi) is 6.23. The number of aryl methyl sites for hydroxylation is 1. The molecular weight excluding hydrogens is 406 g/mol. The SMILES string of the molecule is CCN(CC)CCNC(=O)c1cc(-c2nccn2C)nc2ccc(Br)cc12. The molecule has 0 radical (unpaired) electrons. The molecule has 1 N–H and O–H groups in total. The minimum absolute atomic E-state index is 0.0943. The topological polar surface area (TPSA) is 63.1 Å². The van der Waals surface area contributed by atoms with E-state index in [4.69, 9.17) is 4.98 Å². The lowest BCUT2D eigenvalue weighted by molar-refractivity contribution is 0.0950. The van der Waals surface area contributed by atoms with Crippen molar-refractivity contribution in [1.82, 2.24) is 24.8 Å². The number of pyridine rings is 1. The van der Waals surface area contributed by atoms with Gasteiger partial charge >= 0.3 is 0 Å². The predicted molar refractivity (Wildman–Crippen MR) is 112 cm³/mol. The summed E-state index contributed by atoms with van der Waals surface area (Å²) in [4.78, 5) is 24.3. The number of carbonyl (C=O) groups is 1. The Labute approximate surface area is 167 Å². The zero-order valence-corrected chi connectivity index (χ0v) is 17.5. The molecule has 1 amide bonds. The fraction of sp³-hybridized carbons (Fsp3) is 0.350. The summed E-state index contributed by atoms with van der Waals surface area (Å²) in [6, 6.07) is 7.60. The van der Waals surface area contributed by atoms with Crippen molar-refractivity contribution in [3.8, 4) is 11.5 Å². The summed E-state index contributed by atoms with van der Waals surface area (Å²) in [6.45, 7) is 7.63. The highest BCUT2D eigenvalue weighted by Gasteiger charge is 2.16. The highest BCUT2D eigenvalue weighted by molar-refractivity contribution is 9.10. The molecule has 0 aliphatic heterocycles. The van der Waals surface area contributed by atoms with Crippen molar-refractivity contribution in [2.45, 2.75) is 13.8 Å². The van der Waals surface area contributed by atoms with Gasteiger partial charge in [-0.1, -0.05) is 29.8 Å². The monoisotopic (exact) mass is 429 g/mol. The average molecular weight is 430 g/mol. The van der Waals surface area contributed by atoms with Gasteiger partial charge in [-0.3, -0.25) is 4.79 Å².